The number of nitrogens with zero attached hydrogens (tertiary/aromatic N) is 2. The number of hydrogen-bond acceptors (Lipinski definition) is 6. The van der Waals surface area contributed by atoms with Crippen molar-refractivity contribution in [3.63, 3.8) is 0 Å². The Morgan fingerprint density at radius 2 is 1.62 bits per heavy atom. The van der Waals surface area contributed by atoms with Crippen molar-refractivity contribution < 1.29 is 19.4 Å². The molecule has 0 saturated carbocycles. The molecular weight excluding hydrogens is 586 g/mol. The fourth-order valence-corrected chi connectivity index (χ4v) is 7.65. The van der Waals surface area contributed by atoms with Gasteiger partial charge in [-0.3, -0.25) is 19.5 Å². The van der Waals surface area contributed by atoms with Crippen LogP contribution in [0, 0.1) is 31.6 Å². The predicted molar refractivity (Wildman–Crippen MR) is 185 cm³/mol. The van der Waals surface area contributed by atoms with Crippen LogP contribution >= 0.6 is 0 Å². The molecular formula is C40H39N3O4. The van der Waals surface area contributed by atoms with Crippen molar-refractivity contribution in [1.82, 2.24) is 4.98 Å². The van der Waals surface area contributed by atoms with Gasteiger partial charge in [0.1, 0.15) is 5.75 Å². The van der Waals surface area contributed by atoms with Gasteiger partial charge in [0, 0.05) is 23.5 Å². The molecule has 3 aliphatic rings. The van der Waals surface area contributed by atoms with E-state index in [0.717, 1.165) is 57.7 Å². The van der Waals surface area contributed by atoms with Crippen molar-refractivity contribution in [2.75, 3.05) is 16.8 Å². The first-order valence-electron chi connectivity index (χ1n) is 16.3. The molecule has 2 saturated heterocycles. The summed E-state index contributed by atoms with van der Waals surface area (Å²) in [5.74, 6) is -0.821. The van der Waals surface area contributed by atoms with Crippen LogP contribution in [0.1, 0.15) is 48.6 Å². The van der Waals surface area contributed by atoms with Gasteiger partial charge in [0.15, 0.2) is 0 Å². The number of aromatic hydroxyl groups is 1. The van der Waals surface area contributed by atoms with E-state index in [1.807, 2.05) is 98.8 Å². The number of carbonyl (C=O) groups is 2. The van der Waals surface area contributed by atoms with Gasteiger partial charge in [-0.25, -0.2) is 0 Å². The number of aromatic nitrogens is 1. The molecule has 3 aromatic carbocycles. The van der Waals surface area contributed by atoms with Gasteiger partial charge in [-0.05, 0) is 135 Å². The first kappa shape index (κ1) is 30.6. The molecule has 0 bridgehead atoms. The molecule has 4 aromatic rings. The number of aryl methyl sites for hydroxylation is 2. The second kappa shape index (κ2) is 12.6. The standard InChI is InChI=1S/C40H39N3O4/c1-24-21-32-37(40(46)43(39(32)45)31-15-13-30(14-16-31)42-29-9-5-4-6-10-29)33-23-47-35(36(24)33)17-12-28(34-11-7-8-18-41-34)22-27-19-25(2)38(44)26(3)20-27/h4-11,13-16,18-20,22,32-33,35,37,42,44H,12,17,21,23H2,1-3H3/b28-22-/t32-,33+,35-,37-/m1/s1. The molecule has 7 nitrogen and oxygen atoms in total. The van der Waals surface area contributed by atoms with Gasteiger partial charge in [0.05, 0.1) is 35.9 Å². The van der Waals surface area contributed by atoms with Crippen molar-refractivity contribution in [2.24, 2.45) is 17.8 Å². The lowest BCUT2D eigenvalue weighted by Gasteiger charge is -2.30. The van der Waals surface area contributed by atoms with E-state index in [1.54, 1.807) is 6.20 Å². The number of imide groups is 1. The molecule has 2 aliphatic heterocycles. The van der Waals surface area contributed by atoms with Gasteiger partial charge in [0.2, 0.25) is 11.8 Å². The van der Waals surface area contributed by atoms with Crippen molar-refractivity contribution in [3.8, 4) is 5.75 Å². The average Bonchev–Trinajstić information content (AvgIpc) is 3.61. The van der Waals surface area contributed by atoms with Gasteiger partial charge in [-0.15, -0.1) is 0 Å². The van der Waals surface area contributed by atoms with Gasteiger partial charge in [0.25, 0.3) is 0 Å². The van der Waals surface area contributed by atoms with E-state index in [-0.39, 0.29) is 29.8 Å². The van der Waals surface area contributed by atoms with Gasteiger partial charge in [-0.2, -0.15) is 0 Å². The molecule has 1 aromatic heterocycles. The van der Waals surface area contributed by atoms with E-state index in [2.05, 4.69) is 23.3 Å². The van der Waals surface area contributed by atoms with E-state index in [9.17, 15) is 14.7 Å². The first-order valence-corrected chi connectivity index (χ1v) is 16.3. The Bertz CT molecular complexity index is 1860. The smallest absolute Gasteiger partial charge is 0.238 e. The second-order valence-electron chi connectivity index (χ2n) is 13.0. The Morgan fingerprint density at radius 3 is 2.32 bits per heavy atom. The third kappa shape index (κ3) is 5.87. The zero-order chi connectivity index (χ0) is 32.7. The number of ether oxygens (including phenoxy) is 1. The van der Waals surface area contributed by atoms with Crippen molar-refractivity contribution in [2.45, 2.75) is 46.1 Å². The second-order valence-corrected chi connectivity index (χ2v) is 13.0. The lowest BCUT2D eigenvalue weighted by molar-refractivity contribution is -0.122. The Labute approximate surface area is 275 Å². The Morgan fingerprint density at radius 1 is 0.915 bits per heavy atom. The van der Waals surface area contributed by atoms with Crippen LogP contribution in [-0.2, 0) is 14.3 Å². The highest BCUT2D eigenvalue weighted by Crippen LogP contribution is 2.50. The summed E-state index contributed by atoms with van der Waals surface area (Å²) in [7, 11) is 0. The van der Waals surface area contributed by atoms with Crippen molar-refractivity contribution in [3.05, 3.63) is 125 Å². The summed E-state index contributed by atoms with van der Waals surface area (Å²) in [4.78, 5) is 33.8. The van der Waals surface area contributed by atoms with E-state index < -0.39 is 5.92 Å². The number of anilines is 3. The number of phenolic OH excluding ortho intramolecular Hbond substituents is 1. The SMILES string of the molecule is CC1=C2[C@@H](CC/C(=C/c3cc(C)c(O)c(C)c3)c3ccccn3)OC[C@@H]2[C@@H]2C(=O)N(c3ccc(Nc4ccccc4)cc3)C(=O)[C@@H]2C1. The molecule has 1 aliphatic carbocycles. The van der Waals surface area contributed by atoms with Gasteiger partial charge in [-0.1, -0.05) is 29.8 Å². The number of benzene rings is 3. The third-order valence-corrected chi connectivity index (χ3v) is 9.86. The summed E-state index contributed by atoms with van der Waals surface area (Å²) in [6.45, 7) is 6.35. The summed E-state index contributed by atoms with van der Waals surface area (Å²) < 4.78 is 6.44. The number of amides is 2. The lowest BCUT2D eigenvalue weighted by atomic mass is 9.70. The zero-order valence-corrected chi connectivity index (χ0v) is 26.9. The highest BCUT2D eigenvalue weighted by molar-refractivity contribution is 6.22. The largest absolute Gasteiger partial charge is 0.507 e. The summed E-state index contributed by atoms with van der Waals surface area (Å²) in [5, 5.41) is 13.7. The minimum atomic E-state index is -0.415. The maximum absolute atomic E-state index is 14.0. The highest BCUT2D eigenvalue weighted by atomic mass is 16.5. The quantitative estimate of drug-likeness (QED) is 0.152. The lowest BCUT2D eigenvalue weighted by Crippen LogP contribution is -2.34. The van der Waals surface area contributed by atoms with Crippen LogP contribution in [0.25, 0.3) is 11.6 Å². The van der Waals surface area contributed by atoms with Crippen molar-refractivity contribution >= 4 is 40.5 Å². The topological polar surface area (TPSA) is 91.8 Å². The minimum Gasteiger partial charge on any atom is -0.507 e. The average molecular weight is 626 g/mol. The molecule has 7 heteroatoms. The number of carbonyl (C=O) groups excluding carboxylic acids is 2. The highest BCUT2D eigenvalue weighted by Gasteiger charge is 2.56. The maximum atomic E-state index is 14.0. The van der Waals surface area contributed by atoms with Crippen LogP contribution in [0.2, 0.25) is 0 Å². The van der Waals surface area contributed by atoms with Gasteiger partial charge < -0.3 is 15.2 Å². The van der Waals surface area contributed by atoms with Crippen LogP contribution in [0.15, 0.2) is 102 Å². The van der Waals surface area contributed by atoms with Gasteiger partial charge >= 0.3 is 0 Å². The fraction of sp³-hybridized carbons (Fsp3) is 0.275. The summed E-state index contributed by atoms with van der Waals surface area (Å²) >= 11 is 0. The molecule has 4 atom stereocenters. The van der Waals surface area contributed by atoms with Crippen LogP contribution in [0.5, 0.6) is 5.75 Å². The first-order chi connectivity index (χ1) is 22.8. The predicted octanol–water partition coefficient (Wildman–Crippen LogP) is 8.01. The number of allylic oxidation sites excluding steroid dienone is 2. The number of pyridine rings is 1. The minimum absolute atomic E-state index is 0.108. The number of fused-ring (bicyclic) bond motifs is 3. The van der Waals surface area contributed by atoms with Crippen molar-refractivity contribution in [1.29, 1.82) is 0 Å². The Balaban J connectivity index is 1.09. The van der Waals surface area contributed by atoms with E-state index >= 15 is 0 Å². The monoisotopic (exact) mass is 625 g/mol. The molecule has 2 N–H and O–H groups in total. The summed E-state index contributed by atoms with van der Waals surface area (Å²) in [5.41, 5.74) is 9.48. The molecule has 2 amide bonds. The van der Waals surface area contributed by atoms with Crippen LogP contribution in [0.4, 0.5) is 17.1 Å². The maximum Gasteiger partial charge on any atom is 0.238 e. The summed E-state index contributed by atoms with van der Waals surface area (Å²) in [6, 6.07) is 27.3. The molecule has 238 valence electrons. The number of para-hydroxylation sites is 1. The molecule has 0 radical (unpaired) electrons. The normalized spacial score (nSPS) is 22.4. The Hall–Kier alpha value is -5.01. The van der Waals surface area contributed by atoms with E-state index in [0.29, 0.717) is 24.5 Å². The Kier molecular flexibility index (Phi) is 8.24. The number of phenols is 1. The molecule has 3 heterocycles. The number of hydrogen-bond donors (Lipinski definition) is 2. The van der Waals surface area contributed by atoms with Crippen LogP contribution in [0.3, 0.4) is 0 Å². The molecule has 0 unspecified atom stereocenters. The third-order valence-electron chi connectivity index (χ3n) is 9.86. The van der Waals surface area contributed by atoms with E-state index in [1.165, 1.54) is 10.5 Å². The molecule has 47 heavy (non-hydrogen) atoms. The molecule has 7 rings (SSSR count). The number of nitrogens with one attached hydrogen (secondary N) is 1. The van der Waals surface area contributed by atoms with Crippen LogP contribution < -0.4 is 10.2 Å². The summed E-state index contributed by atoms with van der Waals surface area (Å²) in [6.07, 6.45) is 5.84. The molecule has 2 fully saturated rings. The fourth-order valence-electron chi connectivity index (χ4n) is 7.65. The van der Waals surface area contributed by atoms with E-state index in [4.69, 9.17) is 4.74 Å². The number of rotatable bonds is 8. The van der Waals surface area contributed by atoms with Crippen LogP contribution in [-0.4, -0.2) is 34.6 Å². The molecule has 0 spiro atoms. The zero-order valence-electron chi connectivity index (χ0n) is 26.9.